The van der Waals surface area contributed by atoms with Crippen molar-refractivity contribution in [2.45, 2.75) is 122 Å². The van der Waals surface area contributed by atoms with Crippen LogP contribution in [0.2, 0.25) is 0 Å². The Kier molecular flexibility index (Phi) is 12.0. The first kappa shape index (κ1) is 31.8. The summed E-state index contributed by atoms with van der Waals surface area (Å²) < 4.78 is 14.2. The molecule has 1 N–H and O–H groups in total. The van der Waals surface area contributed by atoms with E-state index in [4.69, 9.17) is 0 Å². The second kappa shape index (κ2) is 14.7. The van der Waals surface area contributed by atoms with Crippen molar-refractivity contribution in [2.24, 2.45) is 0 Å². The van der Waals surface area contributed by atoms with Gasteiger partial charge in [0.05, 0.1) is 0 Å². The van der Waals surface area contributed by atoms with Crippen molar-refractivity contribution in [2.75, 3.05) is 13.1 Å². The molecule has 1 aliphatic carbocycles. The monoisotopic (exact) mass is 554 g/mol. The van der Waals surface area contributed by atoms with Gasteiger partial charge in [-0.15, -0.1) is 9.24 Å². The molecular formula is C34H52FN2OP. The fourth-order valence-corrected chi connectivity index (χ4v) is 6.68. The lowest BCUT2D eigenvalue weighted by Gasteiger charge is -2.41. The van der Waals surface area contributed by atoms with Crippen LogP contribution in [0.4, 0.5) is 4.39 Å². The van der Waals surface area contributed by atoms with Crippen LogP contribution >= 0.6 is 9.24 Å². The van der Waals surface area contributed by atoms with E-state index in [1.165, 1.54) is 30.4 Å². The number of carbonyl (C=O) groups is 1. The van der Waals surface area contributed by atoms with Crippen molar-refractivity contribution in [1.29, 1.82) is 0 Å². The Bertz CT molecular complexity index is 1040. The number of rotatable bonds is 8. The molecule has 5 heteroatoms. The van der Waals surface area contributed by atoms with Gasteiger partial charge in [0.15, 0.2) is 0 Å². The minimum Gasteiger partial charge on any atom is -0.339 e. The van der Waals surface area contributed by atoms with Crippen LogP contribution < -0.4 is 10.6 Å². The highest BCUT2D eigenvalue weighted by atomic mass is 31.0. The van der Waals surface area contributed by atoms with E-state index in [2.05, 4.69) is 64.5 Å². The molecule has 2 aliphatic rings. The van der Waals surface area contributed by atoms with Gasteiger partial charge in [0, 0.05) is 24.5 Å². The van der Waals surface area contributed by atoms with Crippen LogP contribution in [0.15, 0.2) is 42.5 Å². The number of likely N-dealkylation sites (tertiary alicyclic amines) is 1. The number of hydrogen-bond acceptors (Lipinski definition) is 2. The molecule has 0 bridgehead atoms. The standard InChI is InChI=1S/C32H46FN2OP.C2H6/c1-31(2,3)25-11-10-12-26(22-25)32(15-7-5-8-16-32)34-17-14-28(35-18-9-4-6-13-30(35)36)20-24-19-27(33)23-29(37)21-24;1-2/h10-12,19,21-23,28,34H,4-9,13-18,20,37H2,1-3H3;1-2H3/t28-;/m1./s1. The van der Waals surface area contributed by atoms with Crippen LogP contribution in [0.25, 0.3) is 0 Å². The van der Waals surface area contributed by atoms with E-state index in [9.17, 15) is 9.18 Å². The van der Waals surface area contributed by atoms with E-state index in [1.54, 1.807) is 12.1 Å². The van der Waals surface area contributed by atoms with Gasteiger partial charge in [-0.25, -0.2) is 4.39 Å². The van der Waals surface area contributed by atoms with Gasteiger partial charge in [0.2, 0.25) is 5.91 Å². The quantitative estimate of drug-likeness (QED) is 0.338. The van der Waals surface area contributed by atoms with E-state index in [1.807, 2.05) is 19.9 Å². The summed E-state index contributed by atoms with van der Waals surface area (Å²) >= 11 is 0. The molecule has 2 aromatic carbocycles. The highest BCUT2D eigenvalue weighted by Gasteiger charge is 2.35. The molecule has 1 unspecified atom stereocenters. The van der Waals surface area contributed by atoms with Crippen LogP contribution in [0.5, 0.6) is 0 Å². The highest BCUT2D eigenvalue weighted by Crippen LogP contribution is 2.39. The van der Waals surface area contributed by atoms with Gasteiger partial charge in [-0.05, 0) is 84.6 Å². The second-order valence-corrected chi connectivity index (χ2v) is 13.0. The lowest BCUT2D eigenvalue weighted by atomic mass is 9.74. The van der Waals surface area contributed by atoms with Gasteiger partial charge in [-0.3, -0.25) is 4.79 Å². The first-order chi connectivity index (χ1) is 18.7. The molecule has 3 nitrogen and oxygen atoms in total. The Labute approximate surface area is 239 Å². The fourth-order valence-electron chi connectivity index (χ4n) is 6.31. The van der Waals surface area contributed by atoms with Crippen LogP contribution in [-0.2, 0) is 22.2 Å². The van der Waals surface area contributed by atoms with Gasteiger partial charge in [0.25, 0.3) is 0 Å². The first-order valence-corrected chi connectivity index (χ1v) is 15.9. The Hall–Kier alpha value is -1.77. The summed E-state index contributed by atoms with van der Waals surface area (Å²) in [6.45, 7) is 12.5. The van der Waals surface area contributed by atoms with E-state index in [0.717, 1.165) is 62.5 Å². The summed E-state index contributed by atoms with van der Waals surface area (Å²) in [4.78, 5) is 15.2. The van der Waals surface area contributed by atoms with Gasteiger partial charge in [0.1, 0.15) is 5.82 Å². The van der Waals surface area contributed by atoms with E-state index < -0.39 is 0 Å². The normalized spacial score (nSPS) is 18.6. The summed E-state index contributed by atoms with van der Waals surface area (Å²) in [6.07, 6.45) is 11.4. The number of halogens is 1. The molecule has 1 heterocycles. The molecule has 2 aromatic rings. The number of amides is 1. The van der Waals surface area contributed by atoms with E-state index >= 15 is 0 Å². The van der Waals surface area contributed by atoms with Crippen molar-refractivity contribution in [3.63, 3.8) is 0 Å². The molecule has 2 fully saturated rings. The van der Waals surface area contributed by atoms with E-state index in [0.29, 0.717) is 12.8 Å². The van der Waals surface area contributed by atoms with Crippen molar-refractivity contribution in [3.05, 3.63) is 65.0 Å². The van der Waals surface area contributed by atoms with Crippen LogP contribution in [0.3, 0.4) is 0 Å². The van der Waals surface area contributed by atoms with Gasteiger partial charge in [-0.1, -0.05) is 90.6 Å². The smallest absolute Gasteiger partial charge is 0.222 e. The third-order valence-corrected chi connectivity index (χ3v) is 8.76. The van der Waals surface area contributed by atoms with Gasteiger partial charge >= 0.3 is 0 Å². The number of nitrogens with zero attached hydrogens (tertiary/aromatic N) is 1. The molecule has 0 radical (unpaired) electrons. The summed E-state index contributed by atoms with van der Waals surface area (Å²) in [5, 5.41) is 4.88. The Balaban J connectivity index is 0.00000205. The molecule has 1 amide bonds. The van der Waals surface area contributed by atoms with E-state index in [-0.39, 0.29) is 28.7 Å². The topological polar surface area (TPSA) is 32.3 Å². The minimum atomic E-state index is -0.207. The second-order valence-electron chi connectivity index (χ2n) is 12.3. The molecule has 0 spiro atoms. The predicted molar refractivity (Wildman–Crippen MR) is 167 cm³/mol. The maximum absolute atomic E-state index is 14.2. The summed E-state index contributed by atoms with van der Waals surface area (Å²) in [5.41, 5.74) is 3.85. The molecule has 39 heavy (non-hydrogen) atoms. The first-order valence-electron chi connectivity index (χ1n) is 15.4. The highest BCUT2D eigenvalue weighted by molar-refractivity contribution is 7.27. The molecule has 2 atom stereocenters. The zero-order chi connectivity index (χ0) is 28.5. The summed E-state index contributed by atoms with van der Waals surface area (Å²) in [6, 6.07) is 14.5. The Morgan fingerprint density at radius 1 is 1.00 bits per heavy atom. The third-order valence-electron chi connectivity index (χ3n) is 8.43. The minimum absolute atomic E-state index is 0.0149. The number of hydrogen-bond donors (Lipinski definition) is 1. The SMILES string of the molecule is CC.CC(C)(C)c1cccc(C2(NCC[C@H](Cc3cc(F)cc(P)c3)N3CCCCCC3=O)CCCCC2)c1. The van der Waals surface area contributed by atoms with Crippen molar-refractivity contribution in [3.8, 4) is 0 Å². The lowest BCUT2D eigenvalue weighted by molar-refractivity contribution is -0.133. The molecule has 1 saturated heterocycles. The maximum atomic E-state index is 14.2. The van der Waals surface area contributed by atoms with Gasteiger partial charge in [-0.2, -0.15) is 0 Å². The Morgan fingerprint density at radius 3 is 2.41 bits per heavy atom. The van der Waals surface area contributed by atoms with Crippen LogP contribution in [0, 0.1) is 5.82 Å². The molecule has 216 valence electrons. The molecule has 0 aromatic heterocycles. The average Bonchev–Trinajstić information content (AvgIpc) is 3.13. The predicted octanol–water partition coefficient (Wildman–Crippen LogP) is 7.80. The van der Waals surface area contributed by atoms with Crippen LogP contribution in [0.1, 0.15) is 116 Å². The fraction of sp³-hybridized carbons (Fsp3) is 0.618. The van der Waals surface area contributed by atoms with Crippen molar-refractivity contribution in [1.82, 2.24) is 10.2 Å². The Morgan fingerprint density at radius 2 is 1.72 bits per heavy atom. The molecular weight excluding hydrogens is 502 g/mol. The average molecular weight is 555 g/mol. The maximum Gasteiger partial charge on any atom is 0.222 e. The van der Waals surface area contributed by atoms with Gasteiger partial charge < -0.3 is 10.2 Å². The molecule has 4 rings (SSSR count). The number of nitrogens with one attached hydrogen (secondary N) is 1. The summed E-state index contributed by atoms with van der Waals surface area (Å²) in [5.74, 6) is 0.0525. The van der Waals surface area contributed by atoms with Crippen LogP contribution in [-0.4, -0.2) is 29.9 Å². The summed E-state index contributed by atoms with van der Waals surface area (Å²) in [7, 11) is 2.61. The zero-order valence-corrected chi connectivity index (χ0v) is 26.3. The third kappa shape index (κ3) is 8.86. The van der Waals surface area contributed by atoms with Crippen molar-refractivity contribution >= 4 is 20.5 Å². The lowest BCUT2D eigenvalue weighted by Crippen LogP contribution is -2.48. The number of carbonyl (C=O) groups excluding carboxylic acids is 1. The molecule has 1 saturated carbocycles. The molecule has 1 aliphatic heterocycles. The van der Waals surface area contributed by atoms with Crippen molar-refractivity contribution < 1.29 is 9.18 Å². The largest absolute Gasteiger partial charge is 0.339 e. The number of benzene rings is 2. The zero-order valence-electron chi connectivity index (χ0n) is 25.1.